The zero-order chi connectivity index (χ0) is 20.3. The fourth-order valence-electron chi connectivity index (χ4n) is 2.92. The molecule has 0 fully saturated rings. The molecule has 0 aromatic heterocycles. The summed E-state index contributed by atoms with van der Waals surface area (Å²) in [5, 5.41) is 0. The van der Waals surface area contributed by atoms with Crippen molar-refractivity contribution in [2.24, 2.45) is 4.99 Å². The summed E-state index contributed by atoms with van der Waals surface area (Å²) in [7, 11) is 0. The van der Waals surface area contributed by atoms with E-state index in [2.05, 4.69) is 9.73 Å². The number of aliphatic imine (C=N–C) groups is 1. The number of carbonyl (C=O) groups excluding carboxylic acids is 2. The van der Waals surface area contributed by atoms with Crippen LogP contribution in [0.3, 0.4) is 0 Å². The van der Waals surface area contributed by atoms with E-state index in [0.29, 0.717) is 5.69 Å². The van der Waals surface area contributed by atoms with Crippen LogP contribution in [0.4, 0.5) is 18.9 Å². The number of carbonyl (C=O) groups is 2. The lowest BCUT2D eigenvalue weighted by molar-refractivity contribution is -0.178. The molecule has 0 spiro atoms. The Morgan fingerprint density at radius 1 is 1.11 bits per heavy atom. The standard InChI is InChI=1S/C20H17F3N2O3/c1-2-28-19(27)17(20(21,22)23)24-16-14-10-6-7-11-15(14)25(18(16)26)12-13-8-4-3-5-9-13/h3-11,17H,2,12H2,1H3. The third kappa shape index (κ3) is 3.90. The van der Waals surface area contributed by atoms with Gasteiger partial charge in [0, 0.05) is 5.56 Å². The van der Waals surface area contributed by atoms with Crippen LogP contribution in [0.25, 0.3) is 0 Å². The van der Waals surface area contributed by atoms with Gasteiger partial charge in [0.2, 0.25) is 6.04 Å². The average molecular weight is 390 g/mol. The number of nitrogens with zero attached hydrogens (tertiary/aromatic N) is 2. The normalized spacial score (nSPS) is 16.2. The molecule has 0 saturated carbocycles. The topological polar surface area (TPSA) is 59.0 Å². The molecular formula is C20H17F3N2O3. The van der Waals surface area contributed by atoms with E-state index in [-0.39, 0.29) is 18.7 Å². The van der Waals surface area contributed by atoms with Gasteiger partial charge in [-0.25, -0.2) is 4.79 Å². The second-order valence-electron chi connectivity index (χ2n) is 6.07. The molecule has 1 aliphatic rings. The molecule has 1 atom stereocenters. The van der Waals surface area contributed by atoms with Gasteiger partial charge in [-0.15, -0.1) is 0 Å². The molecule has 28 heavy (non-hydrogen) atoms. The van der Waals surface area contributed by atoms with Crippen LogP contribution < -0.4 is 4.90 Å². The molecule has 146 valence electrons. The highest BCUT2D eigenvalue weighted by molar-refractivity contribution is 6.54. The Morgan fingerprint density at radius 2 is 1.75 bits per heavy atom. The Bertz CT molecular complexity index is 910. The molecule has 1 aliphatic heterocycles. The first kappa shape index (κ1) is 19.6. The summed E-state index contributed by atoms with van der Waals surface area (Å²) in [5.74, 6) is -2.22. The van der Waals surface area contributed by atoms with Crippen molar-refractivity contribution >= 4 is 23.3 Å². The number of halogens is 3. The number of anilines is 1. The summed E-state index contributed by atoms with van der Waals surface area (Å²) in [6.07, 6.45) is -4.97. The summed E-state index contributed by atoms with van der Waals surface area (Å²) >= 11 is 0. The van der Waals surface area contributed by atoms with Gasteiger partial charge in [-0.1, -0.05) is 48.5 Å². The number of hydrogen-bond acceptors (Lipinski definition) is 4. The third-order valence-electron chi connectivity index (χ3n) is 4.16. The molecule has 1 amide bonds. The number of rotatable bonds is 5. The van der Waals surface area contributed by atoms with Crippen molar-refractivity contribution in [3.05, 3.63) is 65.7 Å². The van der Waals surface area contributed by atoms with Crippen molar-refractivity contribution in [1.82, 2.24) is 0 Å². The smallest absolute Gasteiger partial charge is 0.421 e. The van der Waals surface area contributed by atoms with Crippen molar-refractivity contribution in [2.45, 2.75) is 25.7 Å². The largest absolute Gasteiger partial charge is 0.464 e. The number of para-hydroxylation sites is 1. The van der Waals surface area contributed by atoms with E-state index >= 15 is 0 Å². The lowest BCUT2D eigenvalue weighted by Crippen LogP contribution is -2.39. The van der Waals surface area contributed by atoms with Crippen molar-refractivity contribution < 1.29 is 27.5 Å². The maximum atomic E-state index is 13.4. The number of fused-ring (bicyclic) bond motifs is 1. The van der Waals surface area contributed by atoms with Crippen LogP contribution in [0.5, 0.6) is 0 Å². The molecule has 2 aromatic rings. The van der Waals surface area contributed by atoms with E-state index in [1.54, 1.807) is 30.3 Å². The highest BCUT2D eigenvalue weighted by atomic mass is 19.4. The second kappa shape index (κ2) is 7.84. The van der Waals surface area contributed by atoms with Crippen molar-refractivity contribution in [3.63, 3.8) is 0 Å². The Labute approximate surface area is 159 Å². The van der Waals surface area contributed by atoms with E-state index in [1.807, 2.05) is 18.2 Å². The molecule has 5 nitrogen and oxygen atoms in total. The molecule has 1 unspecified atom stereocenters. The van der Waals surface area contributed by atoms with Gasteiger partial charge in [0.15, 0.2) is 0 Å². The first-order chi connectivity index (χ1) is 13.3. The minimum atomic E-state index is -4.97. The number of amides is 1. The second-order valence-corrected chi connectivity index (χ2v) is 6.07. The van der Waals surface area contributed by atoms with Gasteiger partial charge in [0.25, 0.3) is 5.91 Å². The maximum Gasteiger partial charge on any atom is 0.421 e. The molecule has 0 aliphatic carbocycles. The summed E-state index contributed by atoms with van der Waals surface area (Å²) in [6, 6.07) is 12.7. The highest BCUT2D eigenvalue weighted by Gasteiger charge is 2.48. The van der Waals surface area contributed by atoms with E-state index in [9.17, 15) is 22.8 Å². The Hall–Kier alpha value is -3.16. The van der Waals surface area contributed by atoms with Crippen LogP contribution in [0.1, 0.15) is 18.1 Å². The highest BCUT2D eigenvalue weighted by Crippen LogP contribution is 2.33. The summed E-state index contributed by atoms with van der Waals surface area (Å²) in [4.78, 5) is 29.5. The van der Waals surface area contributed by atoms with Crippen LogP contribution in [-0.4, -0.2) is 36.4 Å². The number of ether oxygens (including phenoxy) is 1. The lowest BCUT2D eigenvalue weighted by atomic mass is 10.1. The van der Waals surface area contributed by atoms with Gasteiger partial charge in [-0.2, -0.15) is 13.2 Å². The molecule has 0 bridgehead atoms. The molecule has 3 rings (SSSR count). The van der Waals surface area contributed by atoms with Gasteiger partial charge in [0.05, 0.1) is 18.8 Å². The molecule has 0 saturated heterocycles. The van der Waals surface area contributed by atoms with Crippen LogP contribution >= 0.6 is 0 Å². The van der Waals surface area contributed by atoms with Crippen LogP contribution in [-0.2, 0) is 20.9 Å². The molecule has 0 radical (unpaired) electrons. The monoisotopic (exact) mass is 390 g/mol. The van der Waals surface area contributed by atoms with Crippen molar-refractivity contribution in [1.29, 1.82) is 0 Å². The van der Waals surface area contributed by atoms with E-state index in [1.165, 1.54) is 17.9 Å². The van der Waals surface area contributed by atoms with Crippen molar-refractivity contribution in [3.8, 4) is 0 Å². The molecular weight excluding hydrogens is 373 g/mol. The lowest BCUT2D eigenvalue weighted by Gasteiger charge is -2.17. The maximum absolute atomic E-state index is 13.4. The van der Waals surface area contributed by atoms with Crippen LogP contribution in [0.2, 0.25) is 0 Å². The van der Waals surface area contributed by atoms with Gasteiger partial charge in [0.1, 0.15) is 5.71 Å². The Balaban J connectivity index is 2.02. The minimum Gasteiger partial charge on any atom is -0.464 e. The zero-order valence-electron chi connectivity index (χ0n) is 14.9. The quantitative estimate of drug-likeness (QED) is 0.734. The predicted octanol–water partition coefficient (Wildman–Crippen LogP) is 3.52. The molecule has 2 aromatic carbocycles. The van der Waals surface area contributed by atoms with E-state index < -0.39 is 29.8 Å². The van der Waals surface area contributed by atoms with Crippen LogP contribution in [0, 0.1) is 0 Å². The molecule has 1 heterocycles. The number of alkyl halides is 3. The number of hydrogen-bond donors (Lipinski definition) is 0. The fraction of sp³-hybridized carbons (Fsp3) is 0.250. The summed E-state index contributed by atoms with van der Waals surface area (Å²) in [5.41, 5.74) is 1.11. The van der Waals surface area contributed by atoms with Crippen molar-refractivity contribution in [2.75, 3.05) is 11.5 Å². The first-order valence-electron chi connectivity index (χ1n) is 8.59. The fourth-order valence-corrected chi connectivity index (χ4v) is 2.92. The summed E-state index contributed by atoms with van der Waals surface area (Å²) in [6.45, 7) is 1.35. The third-order valence-corrected chi connectivity index (χ3v) is 4.16. The number of esters is 1. The van der Waals surface area contributed by atoms with Gasteiger partial charge in [-0.05, 0) is 18.6 Å². The molecule has 0 N–H and O–H groups in total. The first-order valence-corrected chi connectivity index (χ1v) is 8.59. The minimum absolute atomic E-state index is 0.172. The molecule has 8 heteroatoms. The predicted molar refractivity (Wildman–Crippen MR) is 97.1 cm³/mol. The Kier molecular flexibility index (Phi) is 5.48. The van der Waals surface area contributed by atoms with Crippen LogP contribution in [0.15, 0.2) is 59.6 Å². The summed E-state index contributed by atoms with van der Waals surface area (Å²) < 4.78 is 44.6. The zero-order valence-corrected chi connectivity index (χ0v) is 14.9. The van der Waals surface area contributed by atoms with Gasteiger partial charge in [-0.3, -0.25) is 9.79 Å². The SMILES string of the molecule is CCOC(=O)C(N=C1C(=O)N(Cc2ccccc2)c2ccccc21)C(F)(F)F. The van der Waals surface area contributed by atoms with Gasteiger partial charge < -0.3 is 9.64 Å². The van der Waals surface area contributed by atoms with E-state index in [0.717, 1.165) is 5.56 Å². The van der Waals surface area contributed by atoms with E-state index in [4.69, 9.17) is 0 Å². The Morgan fingerprint density at radius 3 is 2.39 bits per heavy atom. The number of benzene rings is 2. The van der Waals surface area contributed by atoms with Gasteiger partial charge >= 0.3 is 12.1 Å². The average Bonchev–Trinajstić information content (AvgIpc) is 2.91.